The van der Waals surface area contributed by atoms with Crippen LogP contribution in [0, 0.1) is 6.92 Å². The molecule has 0 aliphatic carbocycles. The molecule has 0 bridgehead atoms. The molecule has 0 aromatic heterocycles. The first-order valence-electron chi connectivity index (χ1n) is 5.34. The molecule has 1 aromatic carbocycles. The van der Waals surface area contributed by atoms with Crippen molar-refractivity contribution in [2.24, 2.45) is 5.73 Å². The topological polar surface area (TPSA) is 29.3 Å². The van der Waals surface area contributed by atoms with Crippen LogP contribution < -0.4 is 10.6 Å². The largest absolute Gasteiger partial charge is 0.368 e. The smallest absolute Gasteiger partial charge is 0.142 e. The van der Waals surface area contributed by atoms with Crippen molar-refractivity contribution in [2.75, 3.05) is 24.5 Å². The van der Waals surface area contributed by atoms with Crippen molar-refractivity contribution in [3.8, 4) is 0 Å². The fourth-order valence-corrected chi connectivity index (χ4v) is 2.05. The van der Waals surface area contributed by atoms with Crippen LogP contribution in [0.1, 0.15) is 12.0 Å². The van der Waals surface area contributed by atoms with Crippen molar-refractivity contribution in [2.45, 2.75) is 19.0 Å². The second-order valence-electron chi connectivity index (χ2n) is 4.37. The normalized spacial score (nSPS) is 25.9. The number of nitrogens with two attached hydrogens (primary N) is 1. The van der Waals surface area contributed by atoms with Gasteiger partial charge in [0.15, 0.2) is 0 Å². The predicted octanol–water partition coefficient (Wildman–Crippen LogP) is 1.87. The van der Waals surface area contributed by atoms with E-state index in [4.69, 9.17) is 5.73 Å². The maximum atomic E-state index is 13.9. The summed E-state index contributed by atoms with van der Waals surface area (Å²) in [4.78, 5) is 2.07. The predicted molar refractivity (Wildman–Crippen MR) is 60.9 cm³/mol. The number of hydrogen-bond acceptors (Lipinski definition) is 2. The van der Waals surface area contributed by atoms with Gasteiger partial charge in [0.25, 0.3) is 0 Å². The van der Waals surface area contributed by atoms with Gasteiger partial charge in [-0.25, -0.2) is 4.39 Å². The second-order valence-corrected chi connectivity index (χ2v) is 4.37. The Balaban J connectivity index is 2.14. The van der Waals surface area contributed by atoms with Crippen molar-refractivity contribution in [1.82, 2.24) is 0 Å². The van der Waals surface area contributed by atoms with Gasteiger partial charge in [0.1, 0.15) is 5.67 Å². The molecule has 1 unspecified atom stereocenters. The Kier molecular flexibility index (Phi) is 2.65. The van der Waals surface area contributed by atoms with Crippen molar-refractivity contribution in [3.05, 3.63) is 29.8 Å². The van der Waals surface area contributed by atoms with Gasteiger partial charge in [-0.05, 0) is 24.6 Å². The molecular weight excluding hydrogens is 191 g/mol. The standard InChI is InChI=1S/C12H17FN2/c1-10-3-2-4-11(7-10)15-6-5-12(13,8-14)9-15/h2-4,7H,5-6,8-9,14H2,1H3. The quantitative estimate of drug-likeness (QED) is 0.804. The van der Waals surface area contributed by atoms with Gasteiger partial charge in [0.05, 0.1) is 6.54 Å². The highest BCUT2D eigenvalue weighted by atomic mass is 19.1. The molecule has 1 aliphatic heterocycles. The molecule has 0 saturated carbocycles. The number of hydrogen-bond donors (Lipinski definition) is 1. The van der Waals surface area contributed by atoms with E-state index in [0.29, 0.717) is 13.0 Å². The van der Waals surface area contributed by atoms with E-state index in [9.17, 15) is 4.39 Å². The van der Waals surface area contributed by atoms with E-state index < -0.39 is 5.67 Å². The van der Waals surface area contributed by atoms with Gasteiger partial charge >= 0.3 is 0 Å². The van der Waals surface area contributed by atoms with Crippen LogP contribution in [0.25, 0.3) is 0 Å². The zero-order chi connectivity index (χ0) is 10.9. The number of benzene rings is 1. The molecule has 0 amide bonds. The van der Waals surface area contributed by atoms with E-state index in [1.807, 2.05) is 25.1 Å². The molecule has 0 spiro atoms. The fourth-order valence-electron chi connectivity index (χ4n) is 2.05. The van der Waals surface area contributed by atoms with Crippen LogP contribution in [0.2, 0.25) is 0 Å². The highest BCUT2D eigenvalue weighted by Crippen LogP contribution is 2.29. The first-order valence-corrected chi connectivity index (χ1v) is 5.34. The third kappa shape index (κ3) is 2.12. The summed E-state index contributed by atoms with van der Waals surface area (Å²) in [5.74, 6) is 0. The van der Waals surface area contributed by atoms with E-state index in [2.05, 4.69) is 11.0 Å². The van der Waals surface area contributed by atoms with E-state index in [0.717, 1.165) is 12.2 Å². The molecule has 82 valence electrons. The Labute approximate surface area is 89.9 Å². The number of rotatable bonds is 2. The lowest BCUT2D eigenvalue weighted by atomic mass is 10.1. The molecule has 1 heterocycles. The summed E-state index contributed by atoms with van der Waals surface area (Å²) in [5, 5.41) is 0. The Morgan fingerprint density at radius 1 is 1.53 bits per heavy atom. The van der Waals surface area contributed by atoms with Crippen molar-refractivity contribution >= 4 is 5.69 Å². The van der Waals surface area contributed by atoms with E-state index in [1.54, 1.807) is 0 Å². The lowest BCUT2D eigenvalue weighted by molar-refractivity contribution is 0.204. The van der Waals surface area contributed by atoms with E-state index in [1.165, 1.54) is 5.56 Å². The summed E-state index contributed by atoms with van der Waals surface area (Å²) in [6.45, 7) is 3.35. The molecule has 2 rings (SSSR count). The zero-order valence-corrected chi connectivity index (χ0v) is 9.04. The fraction of sp³-hybridized carbons (Fsp3) is 0.500. The van der Waals surface area contributed by atoms with Gasteiger partial charge in [-0.1, -0.05) is 12.1 Å². The third-order valence-corrected chi connectivity index (χ3v) is 3.04. The third-order valence-electron chi connectivity index (χ3n) is 3.04. The van der Waals surface area contributed by atoms with E-state index in [-0.39, 0.29) is 6.54 Å². The van der Waals surface area contributed by atoms with Crippen LogP contribution in [0.15, 0.2) is 24.3 Å². The van der Waals surface area contributed by atoms with Crippen LogP contribution in [-0.4, -0.2) is 25.3 Å². The number of aryl methyl sites for hydroxylation is 1. The van der Waals surface area contributed by atoms with Gasteiger partial charge in [-0.2, -0.15) is 0 Å². The molecule has 1 atom stereocenters. The number of alkyl halides is 1. The molecule has 1 aliphatic rings. The highest BCUT2D eigenvalue weighted by Gasteiger charge is 2.36. The van der Waals surface area contributed by atoms with E-state index >= 15 is 0 Å². The van der Waals surface area contributed by atoms with Gasteiger partial charge < -0.3 is 10.6 Å². The first-order chi connectivity index (χ1) is 7.13. The average molecular weight is 208 g/mol. The van der Waals surface area contributed by atoms with Crippen molar-refractivity contribution in [3.63, 3.8) is 0 Å². The minimum Gasteiger partial charge on any atom is -0.368 e. The molecule has 3 heteroatoms. The van der Waals surface area contributed by atoms with Crippen LogP contribution in [0.3, 0.4) is 0 Å². The maximum absolute atomic E-state index is 13.9. The van der Waals surface area contributed by atoms with Crippen molar-refractivity contribution < 1.29 is 4.39 Å². The lowest BCUT2D eigenvalue weighted by Gasteiger charge is -2.21. The molecule has 2 nitrogen and oxygen atoms in total. The summed E-state index contributed by atoms with van der Waals surface area (Å²) in [7, 11) is 0. The average Bonchev–Trinajstić information content (AvgIpc) is 2.62. The first kappa shape index (κ1) is 10.4. The van der Waals surface area contributed by atoms with Gasteiger partial charge in [0, 0.05) is 25.2 Å². The SMILES string of the molecule is Cc1cccc(N2CCC(F)(CN)C2)c1. The summed E-state index contributed by atoms with van der Waals surface area (Å²) < 4.78 is 13.9. The number of anilines is 1. The maximum Gasteiger partial charge on any atom is 0.142 e. The summed E-state index contributed by atoms with van der Waals surface area (Å²) in [6.07, 6.45) is 0.539. The van der Waals surface area contributed by atoms with Crippen LogP contribution in [0.5, 0.6) is 0 Å². The summed E-state index contributed by atoms with van der Waals surface area (Å²) >= 11 is 0. The summed E-state index contributed by atoms with van der Waals surface area (Å²) in [5.41, 5.74) is 6.55. The Hall–Kier alpha value is -1.09. The Bertz CT molecular complexity index is 353. The number of halogens is 1. The molecule has 1 aromatic rings. The minimum atomic E-state index is -1.19. The van der Waals surface area contributed by atoms with Gasteiger partial charge in [-0.15, -0.1) is 0 Å². The molecule has 1 saturated heterocycles. The van der Waals surface area contributed by atoms with Gasteiger partial charge in [-0.3, -0.25) is 0 Å². The molecule has 1 fully saturated rings. The van der Waals surface area contributed by atoms with Crippen LogP contribution in [-0.2, 0) is 0 Å². The Morgan fingerprint density at radius 2 is 2.33 bits per heavy atom. The summed E-state index contributed by atoms with van der Waals surface area (Å²) in [6, 6.07) is 8.16. The molecule has 15 heavy (non-hydrogen) atoms. The molecule has 0 radical (unpaired) electrons. The van der Waals surface area contributed by atoms with Gasteiger partial charge in [0.2, 0.25) is 0 Å². The van der Waals surface area contributed by atoms with Crippen LogP contribution in [0.4, 0.5) is 10.1 Å². The zero-order valence-electron chi connectivity index (χ0n) is 9.04. The second kappa shape index (κ2) is 3.81. The molecular formula is C12H17FN2. The van der Waals surface area contributed by atoms with Crippen LogP contribution >= 0.6 is 0 Å². The van der Waals surface area contributed by atoms with Crippen molar-refractivity contribution in [1.29, 1.82) is 0 Å². The minimum absolute atomic E-state index is 0.120. The molecule has 2 N–H and O–H groups in total. The monoisotopic (exact) mass is 208 g/mol. The lowest BCUT2D eigenvalue weighted by Crippen LogP contribution is -2.36. The Morgan fingerprint density at radius 3 is 2.93 bits per heavy atom. The number of nitrogens with zero attached hydrogens (tertiary/aromatic N) is 1. The highest BCUT2D eigenvalue weighted by molar-refractivity contribution is 5.50.